The van der Waals surface area contributed by atoms with E-state index in [0.29, 0.717) is 17.2 Å². The molecule has 2 amide bonds. The van der Waals surface area contributed by atoms with Gasteiger partial charge in [-0.2, -0.15) is 0 Å². The zero-order chi connectivity index (χ0) is 16.4. The van der Waals surface area contributed by atoms with Crippen LogP contribution in [0.2, 0.25) is 0 Å². The average Bonchev–Trinajstić information content (AvgIpc) is 3.41. The summed E-state index contributed by atoms with van der Waals surface area (Å²) in [5, 5.41) is 5.44. The van der Waals surface area contributed by atoms with E-state index in [1.807, 2.05) is 0 Å². The quantitative estimate of drug-likeness (QED) is 0.640. The Morgan fingerprint density at radius 2 is 1.96 bits per heavy atom. The molecule has 2 unspecified atom stereocenters. The van der Waals surface area contributed by atoms with Crippen molar-refractivity contribution in [3.05, 3.63) is 29.8 Å². The highest BCUT2D eigenvalue weighted by Gasteiger charge is 2.48. The first-order valence-electron chi connectivity index (χ1n) is 7.98. The minimum atomic E-state index is -0.960. The molecule has 6 nitrogen and oxygen atoms in total. The summed E-state index contributed by atoms with van der Waals surface area (Å²) in [6, 6.07) is 6.88. The minimum Gasteiger partial charge on any atom is -0.459 e. The van der Waals surface area contributed by atoms with E-state index >= 15 is 0 Å². The maximum Gasteiger partial charge on any atom is 0.397 e. The first-order chi connectivity index (χ1) is 11.1. The van der Waals surface area contributed by atoms with Crippen LogP contribution in [0.1, 0.15) is 36.5 Å². The van der Waals surface area contributed by atoms with Crippen molar-refractivity contribution in [1.82, 2.24) is 5.32 Å². The Labute approximate surface area is 134 Å². The number of amides is 2. The summed E-state index contributed by atoms with van der Waals surface area (Å²) >= 11 is 0. The second-order valence-corrected chi connectivity index (χ2v) is 6.04. The van der Waals surface area contributed by atoms with Crippen LogP contribution in [0.25, 0.3) is 0 Å². The van der Waals surface area contributed by atoms with Gasteiger partial charge in [0.25, 0.3) is 5.91 Å². The molecule has 0 aliphatic heterocycles. The Morgan fingerprint density at radius 1 is 1.22 bits per heavy atom. The van der Waals surface area contributed by atoms with Crippen molar-refractivity contribution in [1.29, 1.82) is 0 Å². The van der Waals surface area contributed by atoms with Crippen LogP contribution in [-0.4, -0.2) is 30.4 Å². The Hall–Kier alpha value is -2.37. The molecule has 0 spiro atoms. The molecule has 2 fully saturated rings. The van der Waals surface area contributed by atoms with Crippen LogP contribution in [0.4, 0.5) is 5.69 Å². The van der Waals surface area contributed by atoms with Gasteiger partial charge in [-0.05, 0) is 50.2 Å². The van der Waals surface area contributed by atoms with Gasteiger partial charge in [0.05, 0.1) is 17.9 Å². The fraction of sp³-hybridized carbons (Fsp3) is 0.471. The van der Waals surface area contributed by atoms with E-state index in [4.69, 9.17) is 0 Å². The van der Waals surface area contributed by atoms with E-state index in [-0.39, 0.29) is 18.6 Å². The van der Waals surface area contributed by atoms with Gasteiger partial charge in [-0.1, -0.05) is 12.1 Å². The number of hydrogen-bond donors (Lipinski definition) is 2. The maximum atomic E-state index is 12.4. The molecule has 3 rings (SSSR count). The number of esters is 1. The first kappa shape index (κ1) is 15.5. The van der Waals surface area contributed by atoms with Crippen LogP contribution in [0.15, 0.2) is 24.3 Å². The third-order valence-corrected chi connectivity index (χ3v) is 4.26. The molecule has 122 valence electrons. The van der Waals surface area contributed by atoms with Gasteiger partial charge in [-0.25, -0.2) is 4.79 Å². The molecule has 0 saturated heterocycles. The molecule has 23 heavy (non-hydrogen) atoms. The number of hydrogen-bond acceptors (Lipinski definition) is 4. The van der Waals surface area contributed by atoms with Crippen LogP contribution in [0.5, 0.6) is 0 Å². The second-order valence-electron chi connectivity index (χ2n) is 6.04. The normalized spacial score (nSPS) is 22.1. The molecule has 2 saturated carbocycles. The number of anilines is 1. The molecular formula is C17H20N2O4. The summed E-state index contributed by atoms with van der Waals surface area (Å²) in [5.41, 5.74) is 0.665. The van der Waals surface area contributed by atoms with Crippen LogP contribution < -0.4 is 10.6 Å². The van der Waals surface area contributed by atoms with Gasteiger partial charge in [-0.3, -0.25) is 9.59 Å². The van der Waals surface area contributed by atoms with Crippen molar-refractivity contribution in [2.24, 2.45) is 11.8 Å². The highest BCUT2D eigenvalue weighted by molar-refractivity contribution is 6.37. The van der Waals surface area contributed by atoms with E-state index in [0.717, 1.165) is 12.3 Å². The maximum absolute atomic E-state index is 12.4. The Bertz CT molecular complexity index is 639. The van der Waals surface area contributed by atoms with Crippen LogP contribution in [-0.2, 0) is 14.3 Å². The Morgan fingerprint density at radius 3 is 2.65 bits per heavy atom. The molecule has 0 radical (unpaired) electrons. The monoisotopic (exact) mass is 316 g/mol. The number of carbonyl (C=O) groups excluding carboxylic acids is 3. The average molecular weight is 316 g/mol. The molecule has 2 atom stereocenters. The van der Waals surface area contributed by atoms with Crippen molar-refractivity contribution in [2.45, 2.75) is 32.2 Å². The molecule has 6 heteroatoms. The van der Waals surface area contributed by atoms with Crippen LogP contribution in [0, 0.1) is 11.8 Å². The van der Waals surface area contributed by atoms with Crippen molar-refractivity contribution < 1.29 is 19.1 Å². The van der Waals surface area contributed by atoms with E-state index < -0.39 is 11.9 Å². The van der Waals surface area contributed by atoms with E-state index in [1.165, 1.54) is 12.8 Å². The lowest BCUT2D eigenvalue weighted by Gasteiger charge is -2.11. The largest absolute Gasteiger partial charge is 0.459 e. The molecule has 1 aromatic carbocycles. The zero-order valence-electron chi connectivity index (χ0n) is 13.0. The molecule has 0 bridgehead atoms. The lowest BCUT2D eigenvalue weighted by molar-refractivity contribution is -0.152. The SMILES string of the molecule is CCOC(=O)C(=O)Nc1ccccc1C(=O)NC1CC1C1CC1. The third-order valence-electron chi connectivity index (χ3n) is 4.26. The predicted molar refractivity (Wildman–Crippen MR) is 83.8 cm³/mol. The van der Waals surface area contributed by atoms with Gasteiger partial charge < -0.3 is 15.4 Å². The fourth-order valence-corrected chi connectivity index (χ4v) is 2.83. The van der Waals surface area contributed by atoms with Gasteiger partial charge in [0.2, 0.25) is 0 Å². The number of carbonyl (C=O) groups is 3. The first-order valence-corrected chi connectivity index (χ1v) is 7.98. The third kappa shape index (κ3) is 3.70. The summed E-state index contributed by atoms with van der Waals surface area (Å²) in [6.07, 6.45) is 3.57. The van der Waals surface area contributed by atoms with Gasteiger partial charge in [0.15, 0.2) is 0 Å². The summed E-state index contributed by atoms with van der Waals surface area (Å²) in [5.74, 6) is -0.676. The summed E-state index contributed by atoms with van der Waals surface area (Å²) < 4.78 is 4.65. The molecule has 2 N–H and O–H groups in total. The minimum absolute atomic E-state index is 0.124. The highest BCUT2D eigenvalue weighted by Crippen LogP contribution is 2.50. The van der Waals surface area contributed by atoms with Crippen molar-refractivity contribution in [2.75, 3.05) is 11.9 Å². The molecule has 1 aromatic rings. The summed E-state index contributed by atoms with van der Waals surface area (Å²) in [6.45, 7) is 1.75. The molecule has 2 aliphatic carbocycles. The highest BCUT2D eigenvalue weighted by atomic mass is 16.5. The van der Waals surface area contributed by atoms with Gasteiger partial charge >= 0.3 is 11.9 Å². The number of ether oxygens (including phenoxy) is 1. The molecular weight excluding hydrogens is 296 g/mol. The molecule has 0 aromatic heterocycles. The number of para-hydroxylation sites is 1. The Kier molecular flexibility index (Phi) is 4.32. The van der Waals surface area contributed by atoms with Crippen LogP contribution in [0.3, 0.4) is 0 Å². The van der Waals surface area contributed by atoms with Crippen molar-refractivity contribution in [3.63, 3.8) is 0 Å². The lowest BCUT2D eigenvalue weighted by Crippen LogP contribution is -2.30. The second kappa shape index (κ2) is 6.40. The number of nitrogens with one attached hydrogen (secondary N) is 2. The topological polar surface area (TPSA) is 84.5 Å². The summed E-state index contributed by atoms with van der Waals surface area (Å²) in [7, 11) is 0. The van der Waals surface area contributed by atoms with Crippen molar-refractivity contribution in [3.8, 4) is 0 Å². The zero-order valence-corrected chi connectivity index (χ0v) is 13.0. The van der Waals surface area contributed by atoms with E-state index in [2.05, 4.69) is 15.4 Å². The predicted octanol–water partition coefficient (Wildman–Crippen LogP) is 1.72. The smallest absolute Gasteiger partial charge is 0.397 e. The number of rotatable bonds is 5. The Balaban J connectivity index is 1.64. The van der Waals surface area contributed by atoms with Gasteiger partial charge in [0.1, 0.15) is 0 Å². The number of benzene rings is 1. The standard InChI is InChI=1S/C17H20N2O4/c1-2-23-17(22)16(21)18-13-6-4-3-5-11(13)15(20)19-14-9-12(14)10-7-8-10/h3-6,10,12,14H,2,7-9H2,1H3,(H,18,21)(H,19,20). The van der Waals surface area contributed by atoms with E-state index in [1.54, 1.807) is 31.2 Å². The van der Waals surface area contributed by atoms with Gasteiger partial charge in [0, 0.05) is 6.04 Å². The summed E-state index contributed by atoms with van der Waals surface area (Å²) in [4.78, 5) is 35.6. The molecule has 2 aliphatic rings. The lowest BCUT2D eigenvalue weighted by atomic mass is 10.1. The van der Waals surface area contributed by atoms with Gasteiger partial charge in [-0.15, -0.1) is 0 Å². The van der Waals surface area contributed by atoms with E-state index in [9.17, 15) is 14.4 Å². The van der Waals surface area contributed by atoms with Crippen LogP contribution >= 0.6 is 0 Å². The van der Waals surface area contributed by atoms with Crippen molar-refractivity contribution >= 4 is 23.5 Å². The fourth-order valence-electron chi connectivity index (χ4n) is 2.83. The molecule has 0 heterocycles.